The van der Waals surface area contributed by atoms with Crippen molar-refractivity contribution in [2.24, 2.45) is 0 Å². The molecule has 0 fully saturated rings. The minimum atomic E-state index is -1.02. The Balaban J connectivity index is 1.81. The summed E-state index contributed by atoms with van der Waals surface area (Å²) < 4.78 is 0.594. The Bertz CT molecular complexity index is 1280. The number of nitrogens with zero attached hydrogens (tertiary/aromatic N) is 1. The number of hydrogen-bond acceptors (Lipinski definition) is 3. The third kappa shape index (κ3) is 5.18. The maximum absolute atomic E-state index is 13.9. The number of benzene rings is 4. The van der Waals surface area contributed by atoms with Crippen molar-refractivity contribution in [3.63, 3.8) is 0 Å². The molecule has 1 unspecified atom stereocenters. The number of phenols is 1. The summed E-state index contributed by atoms with van der Waals surface area (Å²) in [7, 11) is 0. The number of aromatic hydroxyl groups is 1. The second-order valence-corrected chi connectivity index (χ2v) is 8.51. The largest absolute Gasteiger partial charge is 0.506 e. The van der Waals surface area contributed by atoms with Crippen molar-refractivity contribution in [3.05, 3.63) is 130 Å². The zero-order valence-corrected chi connectivity index (χ0v) is 19.9. The predicted molar refractivity (Wildman–Crippen MR) is 137 cm³/mol. The van der Waals surface area contributed by atoms with Crippen molar-refractivity contribution >= 4 is 33.4 Å². The van der Waals surface area contributed by atoms with Crippen molar-refractivity contribution in [1.82, 2.24) is 5.32 Å². The molecule has 2 N–H and O–H groups in total. The Hall–Kier alpha value is -3.90. The van der Waals surface area contributed by atoms with Crippen LogP contribution in [0.15, 0.2) is 114 Å². The van der Waals surface area contributed by atoms with Gasteiger partial charge in [-0.1, -0.05) is 84.9 Å². The topological polar surface area (TPSA) is 69.6 Å². The summed E-state index contributed by atoms with van der Waals surface area (Å²) in [5.74, 6) is -0.879. The fourth-order valence-corrected chi connectivity index (χ4v) is 4.19. The van der Waals surface area contributed by atoms with Crippen LogP contribution in [0, 0.1) is 0 Å². The minimum absolute atomic E-state index is 0.0975. The second kappa shape index (κ2) is 10.8. The summed E-state index contributed by atoms with van der Waals surface area (Å²) in [5, 5.41) is 13.7. The number of hydrogen-bond donors (Lipinski definition) is 2. The smallest absolute Gasteiger partial charge is 0.260 e. The van der Waals surface area contributed by atoms with E-state index < -0.39 is 11.9 Å². The summed E-state index contributed by atoms with van der Waals surface area (Å²) in [5.41, 5.74) is 2.18. The van der Waals surface area contributed by atoms with Crippen molar-refractivity contribution in [2.75, 3.05) is 4.90 Å². The van der Waals surface area contributed by atoms with E-state index in [1.54, 1.807) is 48.5 Å². The number of phenolic OH excluding ortho intramolecular Hbond substituents is 1. The van der Waals surface area contributed by atoms with Crippen LogP contribution in [-0.4, -0.2) is 16.9 Å². The summed E-state index contributed by atoms with van der Waals surface area (Å²) in [6, 6.07) is 31.2. The van der Waals surface area contributed by atoms with Crippen LogP contribution in [0.25, 0.3) is 0 Å². The normalized spacial score (nSPS) is 11.4. The van der Waals surface area contributed by atoms with Gasteiger partial charge in [-0.05, 0) is 51.3 Å². The van der Waals surface area contributed by atoms with Crippen molar-refractivity contribution in [3.8, 4) is 5.75 Å². The summed E-state index contributed by atoms with van der Waals surface area (Å²) >= 11 is 3.45. The number of carbonyl (C=O) groups is 2. The molecular weight excluding hydrogens is 492 g/mol. The molecule has 6 heteroatoms. The quantitative estimate of drug-likeness (QED) is 0.324. The van der Waals surface area contributed by atoms with Crippen molar-refractivity contribution in [1.29, 1.82) is 0 Å². The molecule has 0 aliphatic heterocycles. The lowest BCUT2D eigenvalue weighted by atomic mass is 10.0. The molecule has 1 atom stereocenters. The standard InChI is InChI=1S/C28H23BrN2O3/c29-23-16-8-7-15-22(23)28(34)31(24-17-9-10-18-25(24)32)26(21-13-5-2-6-14-21)27(33)30-19-20-11-3-1-4-12-20/h1-18,26,32H,19H2,(H,30,33). The Morgan fingerprint density at radius 2 is 1.38 bits per heavy atom. The van der Waals surface area contributed by atoms with E-state index in [4.69, 9.17) is 0 Å². The van der Waals surface area contributed by atoms with Gasteiger partial charge in [-0.3, -0.25) is 14.5 Å². The Kier molecular flexibility index (Phi) is 7.40. The van der Waals surface area contributed by atoms with Crippen LogP contribution in [-0.2, 0) is 11.3 Å². The third-order valence-corrected chi connectivity index (χ3v) is 6.09. The third-order valence-electron chi connectivity index (χ3n) is 5.40. The molecule has 0 saturated carbocycles. The molecule has 4 aromatic rings. The zero-order valence-electron chi connectivity index (χ0n) is 18.3. The molecule has 170 valence electrons. The number of carbonyl (C=O) groups excluding carboxylic acids is 2. The van der Waals surface area contributed by atoms with E-state index in [0.29, 0.717) is 22.1 Å². The number of nitrogens with one attached hydrogen (secondary N) is 1. The van der Waals surface area contributed by atoms with Gasteiger partial charge >= 0.3 is 0 Å². The molecule has 4 aromatic carbocycles. The first-order valence-corrected chi connectivity index (χ1v) is 11.6. The van der Waals surface area contributed by atoms with Gasteiger partial charge in [0.15, 0.2) is 0 Å². The van der Waals surface area contributed by atoms with Gasteiger partial charge in [0.1, 0.15) is 11.8 Å². The molecule has 0 radical (unpaired) electrons. The van der Waals surface area contributed by atoms with Crippen molar-refractivity contribution in [2.45, 2.75) is 12.6 Å². The van der Waals surface area contributed by atoms with E-state index in [0.717, 1.165) is 5.56 Å². The number of amides is 2. The zero-order chi connectivity index (χ0) is 23.9. The number of anilines is 1. The first kappa shape index (κ1) is 23.3. The highest BCUT2D eigenvalue weighted by atomic mass is 79.9. The van der Waals surface area contributed by atoms with Gasteiger partial charge in [0, 0.05) is 11.0 Å². The van der Waals surface area contributed by atoms with Gasteiger partial charge in [0.05, 0.1) is 11.3 Å². The lowest BCUT2D eigenvalue weighted by molar-refractivity contribution is -0.122. The summed E-state index contributed by atoms with van der Waals surface area (Å²) in [6.07, 6.45) is 0. The summed E-state index contributed by atoms with van der Waals surface area (Å²) in [4.78, 5) is 28.9. The predicted octanol–water partition coefficient (Wildman–Crippen LogP) is 5.86. The number of para-hydroxylation sites is 2. The van der Waals surface area contributed by atoms with Gasteiger partial charge in [-0.25, -0.2) is 0 Å². The van der Waals surface area contributed by atoms with Gasteiger partial charge in [0.2, 0.25) is 5.91 Å². The molecule has 0 saturated heterocycles. The van der Waals surface area contributed by atoms with Crippen LogP contribution in [0.1, 0.15) is 27.5 Å². The highest BCUT2D eigenvalue weighted by Gasteiger charge is 2.35. The average Bonchev–Trinajstić information content (AvgIpc) is 2.87. The Labute approximate surface area is 206 Å². The van der Waals surface area contributed by atoms with E-state index in [-0.39, 0.29) is 17.3 Å². The lowest BCUT2D eigenvalue weighted by Gasteiger charge is -2.32. The van der Waals surface area contributed by atoms with E-state index in [9.17, 15) is 14.7 Å². The van der Waals surface area contributed by atoms with E-state index in [1.807, 2.05) is 54.6 Å². The van der Waals surface area contributed by atoms with Crippen LogP contribution < -0.4 is 10.2 Å². The molecule has 0 aliphatic rings. The van der Waals surface area contributed by atoms with E-state index in [2.05, 4.69) is 21.2 Å². The minimum Gasteiger partial charge on any atom is -0.506 e. The maximum atomic E-state index is 13.9. The van der Waals surface area contributed by atoms with Crippen LogP contribution in [0.5, 0.6) is 5.75 Å². The maximum Gasteiger partial charge on any atom is 0.260 e. The second-order valence-electron chi connectivity index (χ2n) is 7.66. The van der Waals surface area contributed by atoms with Crippen LogP contribution in [0.2, 0.25) is 0 Å². The molecule has 2 amide bonds. The molecule has 0 aliphatic carbocycles. The lowest BCUT2D eigenvalue weighted by Crippen LogP contribution is -2.44. The fraction of sp³-hybridized carbons (Fsp3) is 0.0714. The molecule has 0 aromatic heterocycles. The fourth-order valence-electron chi connectivity index (χ4n) is 3.73. The van der Waals surface area contributed by atoms with Crippen LogP contribution >= 0.6 is 15.9 Å². The Morgan fingerprint density at radius 1 is 0.794 bits per heavy atom. The first-order valence-electron chi connectivity index (χ1n) is 10.8. The number of halogens is 1. The van der Waals surface area contributed by atoms with Gasteiger partial charge in [-0.15, -0.1) is 0 Å². The summed E-state index contributed by atoms with van der Waals surface area (Å²) in [6.45, 7) is 0.306. The monoisotopic (exact) mass is 514 g/mol. The molecule has 0 bridgehead atoms. The van der Waals surface area contributed by atoms with Crippen LogP contribution in [0.4, 0.5) is 5.69 Å². The molecule has 5 nitrogen and oxygen atoms in total. The SMILES string of the molecule is O=C(NCc1ccccc1)C(c1ccccc1)N(C(=O)c1ccccc1Br)c1ccccc1O. The molecule has 34 heavy (non-hydrogen) atoms. The first-order chi connectivity index (χ1) is 16.6. The molecule has 0 heterocycles. The van der Waals surface area contributed by atoms with Gasteiger partial charge < -0.3 is 10.4 Å². The highest BCUT2D eigenvalue weighted by Crippen LogP contribution is 2.36. The average molecular weight is 515 g/mol. The van der Waals surface area contributed by atoms with Gasteiger partial charge in [0.25, 0.3) is 5.91 Å². The number of rotatable bonds is 7. The van der Waals surface area contributed by atoms with Gasteiger partial charge in [-0.2, -0.15) is 0 Å². The molecular formula is C28H23BrN2O3. The highest BCUT2D eigenvalue weighted by molar-refractivity contribution is 9.10. The van der Waals surface area contributed by atoms with E-state index in [1.165, 1.54) is 11.0 Å². The molecule has 0 spiro atoms. The van der Waals surface area contributed by atoms with E-state index >= 15 is 0 Å². The van der Waals surface area contributed by atoms with Crippen LogP contribution in [0.3, 0.4) is 0 Å². The molecule has 4 rings (SSSR count). The Morgan fingerprint density at radius 3 is 2.06 bits per heavy atom. The van der Waals surface area contributed by atoms with Crippen molar-refractivity contribution < 1.29 is 14.7 Å².